The molecule has 7 heteroatoms. The molecule has 2 aromatic carbocycles. The lowest BCUT2D eigenvalue weighted by molar-refractivity contribution is -0.116. The Morgan fingerprint density at radius 3 is 2.67 bits per heavy atom. The molecule has 1 amide bonds. The summed E-state index contributed by atoms with van der Waals surface area (Å²) in [7, 11) is -3.68. The van der Waals surface area contributed by atoms with Gasteiger partial charge in [-0.2, -0.15) is 0 Å². The van der Waals surface area contributed by atoms with Gasteiger partial charge in [-0.15, -0.1) is 0 Å². The number of sulfonamides is 1. The highest BCUT2D eigenvalue weighted by Crippen LogP contribution is 2.27. The van der Waals surface area contributed by atoms with Crippen LogP contribution in [0.4, 0.5) is 11.4 Å². The second-order valence-corrected chi connectivity index (χ2v) is 8.33. The van der Waals surface area contributed by atoms with E-state index in [1.54, 1.807) is 30.3 Å². The molecule has 1 aliphatic heterocycles. The standard InChI is InChI=1S/C17H17BrN2O3S/c1-11-9-13(5-7-15(11)18)20-24(22,23)14-6-8-16-12(10-14)3-2-4-17(21)19-16/h5-10,20H,2-4H2,1H3,(H,19,21). The summed E-state index contributed by atoms with van der Waals surface area (Å²) in [4.78, 5) is 11.8. The minimum Gasteiger partial charge on any atom is -0.326 e. The quantitative estimate of drug-likeness (QED) is 0.809. The van der Waals surface area contributed by atoms with E-state index in [1.165, 1.54) is 6.07 Å². The maximum atomic E-state index is 12.6. The summed E-state index contributed by atoms with van der Waals surface area (Å²) in [6, 6.07) is 10.1. The number of hydrogen-bond acceptors (Lipinski definition) is 3. The van der Waals surface area contributed by atoms with Crippen molar-refractivity contribution in [2.75, 3.05) is 10.0 Å². The van der Waals surface area contributed by atoms with Crippen molar-refractivity contribution >= 4 is 43.2 Å². The van der Waals surface area contributed by atoms with Crippen LogP contribution in [0.3, 0.4) is 0 Å². The lowest BCUT2D eigenvalue weighted by atomic mass is 10.1. The van der Waals surface area contributed by atoms with Crippen molar-refractivity contribution in [1.82, 2.24) is 0 Å². The van der Waals surface area contributed by atoms with Crippen LogP contribution in [0.5, 0.6) is 0 Å². The largest absolute Gasteiger partial charge is 0.326 e. The molecule has 0 fully saturated rings. The predicted octanol–water partition coefficient (Wildman–Crippen LogP) is 3.83. The summed E-state index contributed by atoms with van der Waals surface area (Å²) in [5.74, 6) is -0.0344. The fourth-order valence-corrected chi connectivity index (χ4v) is 3.99. The van der Waals surface area contributed by atoms with Gasteiger partial charge in [0.1, 0.15) is 0 Å². The number of halogens is 1. The zero-order valence-corrected chi connectivity index (χ0v) is 15.5. The molecule has 0 atom stereocenters. The Balaban J connectivity index is 1.91. The molecule has 0 saturated heterocycles. The van der Waals surface area contributed by atoms with Gasteiger partial charge in [0.15, 0.2) is 0 Å². The van der Waals surface area contributed by atoms with Crippen LogP contribution in [0.25, 0.3) is 0 Å². The third kappa shape index (κ3) is 3.62. The van der Waals surface area contributed by atoms with Crippen molar-refractivity contribution in [3.8, 4) is 0 Å². The first-order valence-electron chi connectivity index (χ1n) is 7.57. The van der Waals surface area contributed by atoms with Gasteiger partial charge in [0.2, 0.25) is 5.91 Å². The molecule has 1 heterocycles. The molecule has 0 aromatic heterocycles. The first-order chi connectivity index (χ1) is 11.3. The average molecular weight is 409 g/mol. The molecule has 0 saturated carbocycles. The lowest BCUT2D eigenvalue weighted by Gasteiger charge is -2.12. The summed E-state index contributed by atoms with van der Waals surface area (Å²) < 4.78 is 28.8. The predicted molar refractivity (Wildman–Crippen MR) is 97.7 cm³/mol. The number of carbonyl (C=O) groups excluding carboxylic acids is 1. The molecule has 0 unspecified atom stereocenters. The molecule has 3 rings (SSSR count). The van der Waals surface area contributed by atoms with Crippen molar-refractivity contribution < 1.29 is 13.2 Å². The zero-order chi connectivity index (χ0) is 17.3. The molecule has 0 radical (unpaired) electrons. The Hall–Kier alpha value is -1.86. The zero-order valence-electron chi connectivity index (χ0n) is 13.1. The van der Waals surface area contributed by atoms with E-state index < -0.39 is 10.0 Å². The monoisotopic (exact) mass is 408 g/mol. The number of rotatable bonds is 3. The number of carbonyl (C=O) groups is 1. The van der Waals surface area contributed by atoms with E-state index in [4.69, 9.17) is 0 Å². The Kier molecular flexibility index (Phi) is 4.64. The maximum Gasteiger partial charge on any atom is 0.261 e. The summed E-state index contributed by atoms with van der Waals surface area (Å²) in [6.07, 6.45) is 1.84. The van der Waals surface area contributed by atoms with Crippen LogP contribution >= 0.6 is 15.9 Å². The molecule has 2 aromatic rings. The number of benzene rings is 2. The highest BCUT2D eigenvalue weighted by Gasteiger charge is 2.19. The molecular formula is C17H17BrN2O3S. The van der Waals surface area contributed by atoms with Crippen LogP contribution in [0.2, 0.25) is 0 Å². The number of nitrogens with one attached hydrogen (secondary N) is 2. The van der Waals surface area contributed by atoms with Crippen LogP contribution in [0.1, 0.15) is 24.0 Å². The van der Waals surface area contributed by atoms with E-state index in [9.17, 15) is 13.2 Å². The smallest absolute Gasteiger partial charge is 0.261 e. The number of amides is 1. The molecule has 24 heavy (non-hydrogen) atoms. The fourth-order valence-electron chi connectivity index (χ4n) is 2.64. The molecule has 2 N–H and O–H groups in total. The number of anilines is 2. The minimum absolute atomic E-state index is 0.0344. The van der Waals surface area contributed by atoms with Crippen molar-refractivity contribution in [3.05, 3.63) is 52.0 Å². The minimum atomic E-state index is -3.68. The highest BCUT2D eigenvalue weighted by atomic mass is 79.9. The molecule has 0 bridgehead atoms. The molecule has 126 valence electrons. The number of fused-ring (bicyclic) bond motifs is 1. The van der Waals surface area contributed by atoms with E-state index in [-0.39, 0.29) is 10.8 Å². The van der Waals surface area contributed by atoms with Crippen molar-refractivity contribution in [2.45, 2.75) is 31.1 Å². The molecule has 1 aliphatic rings. The highest BCUT2D eigenvalue weighted by molar-refractivity contribution is 9.10. The van der Waals surface area contributed by atoms with Gasteiger partial charge in [-0.05, 0) is 67.3 Å². The lowest BCUT2D eigenvalue weighted by Crippen LogP contribution is -2.14. The number of hydrogen-bond donors (Lipinski definition) is 2. The van der Waals surface area contributed by atoms with Crippen LogP contribution in [-0.2, 0) is 21.2 Å². The summed E-state index contributed by atoms with van der Waals surface area (Å²) in [5, 5.41) is 2.81. The van der Waals surface area contributed by atoms with Gasteiger partial charge in [0, 0.05) is 22.3 Å². The molecular weight excluding hydrogens is 392 g/mol. The van der Waals surface area contributed by atoms with Crippen molar-refractivity contribution in [1.29, 1.82) is 0 Å². The van der Waals surface area contributed by atoms with E-state index >= 15 is 0 Å². The van der Waals surface area contributed by atoms with E-state index in [0.717, 1.165) is 15.6 Å². The van der Waals surface area contributed by atoms with Gasteiger partial charge < -0.3 is 5.32 Å². The summed E-state index contributed by atoms with van der Waals surface area (Å²) in [6.45, 7) is 1.90. The fraction of sp³-hybridized carbons (Fsp3) is 0.235. The Bertz CT molecular complexity index is 910. The average Bonchev–Trinajstić information content (AvgIpc) is 2.70. The van der Waals surface area contributed by atoms with Crippen LogP contribution in [-0.4, -0.2) is 14.3 Å². The van der Waals surface area contributed by atoms with Gasteiger partial charge in [-0.1, -0.05) is 15.9 Å². The van der Waals surface area contributed by atoms with Crippen LogP contribution < -0.4 is 10.0 Å². The summed E-state index contributed by atoms with van der Waals surface area (Å²) in [5.41, 5.74) is 2.99. The second kappa shape index (κ2) is 6.57. The van der Waals surface area contributed by atoms with E-state index in [0.29, 0.717) is 30.6 Å². The first kappa shape index (κ1) is 17.0. The van der Waals surface area contributed by atoms with Gasteiger partial charge in [-0.25, -0.2) is 8.42 Å². The van der Waals surface area contributed by atoms with Gasteiger partial charge >= 0.3 is 0 Å². The van der Waals surface area contributed by atoms with Gasteiger partial charge in [0.25, 0.3) is 10.0 Å². The molecule has 0 aliphatic carbocycles. The Labute approximate surface area is 149 Å². The van der Waals surface area contributed by atoms with Crippen molar-refractivity contribution in [3.63, 3.8) is 0 Å². The Morgan fingerprint density at radius 1 is 1.12 bits per heavy atom. The third-order valence-electron chi connectivity index (χ3n) is 3.92. The Morgan fingerprint density at radius 2 is 1.92 bits per heavy atom. The van der Waals surface area contributed by atoms with Gasteiger partial charge in [-0.3, -0.25) is 9.52 Å². The SMILES string of the molecule is Cc1cc(NS(=O)(=O)c2ccc3c(c2)CCCC(=O)N3)ccc1Br. The molecule has 0 spiro atoms. The van der Waals surface area contributed by atoms with Crippen molar-refractivity contribution in [2.24, 2.45) is 0 Å². The third-order valence-corrected chi connectivity index (χ3v) is 6.19. The van der Waals surface area contributed by atoms with Crippen LogP contribution in [0.15, 0.2) is 45.8 Å². The molecule has 5 nitrogen and oxygen atoms in total. The topological polar surface area (TPSA) is 75.3 Å². The first-order valence-corrected chi connectivity index (χ1v) is 9.84. The van der Waals surface area contributed by atoms with Gasteiger partial charge in [0.05, 0.1) is 4.90 Å². The summed E-state index contributed by atoms with van der Waals surface area (Å²) >= 11 is 3.40. The normalized spacial score (nSPS) is 14.5. The van der Waals surface area contributed by atoms with E-state index in [1.807, 2.05) is 6.92 Å². The number of aryl methyl sites for hydroxylation is 2. The van der Waals surface area contributed by atoms with E-state index in [2.05, 4.69) is 26.0 Å². The van der Waals surface area contributed by atoms with Crippen LogP contribution in [0, 0.1) is 6.92 Å². The maximum absolute atomic E-state index is 12.6. The second-order valence-electron chi connectivity index (χ2n) is 5.79.